The van der Waals surface area contributed by atoms with Gasteiger partial charge in [0.1, 0.15) is 0 Å². The summed E-state index contributed by atoms with van der Waals surface area (Å²) in [6.07, 6.45) is 3.69. The molecule has 0 aliphatic rings. The first-order valence-corrected chi connectivity index (χ1v) is 6.29. The fraction of sp³-hybridized carbons (Fsp3) is 0.600. The molecule has 0 fully saturated rings. The number of anilines is 1. The highest BCUT2D eigenvalue weighted by molar-refractivity contribution is 14.1. The van der Waals surface area contributed by atoms with E-state index in [1.165, 1.54) is 0 Å². The molecular formula is C10H17IN4. The van der Waals surface area contributed by atoms with Crippen LogP contribution in [0.2, 0.25) is 0 Å². The fourth-order valence-corrected chi connectivity index (χ4v) is 1.54. The van der Waals surface area contributed by atoms with Crippen molar-refractivity contribution in [2.45, 2.75) is 13.8 Å². The Labute approximate surface area is 105 Å². The summed E-state index contributed by atoms with van der Waals surface area (Å²) >= 11 is 2.21. The maximum absolute atomic E-state index is 4.31. The summed E-state index contributed by atoms with van der Waals surface area (Å²) in [5.41, 5.74) is 0. The van der Waals surface area contributed by atoms with E-state index in [2.05, 4.69) is 56.6 Å². The highest BCUT2D eigenvalue weighted by Gasteiger charge is 2.05. The zero-order valence-corrected chi connectivity index (χ0v) is 11.4. The summed E-state index contributed by atoms with van der Waals surface area (Å²) in [4.78, 5) is 10.8. The maximum atomic E-state index is 4.31. The summed E-state index contributed by atoms with van der Waals surface area (Å²) in [7, 11) is 0. The third-order valence-corrected chi connectivity index (χ3v) is 2.64. The number of halogens is 1. The summed E-state index contributed by atoms with van der Waals surface area (Å²) < 4.78 is 1.07. The molecular weight excluding hydrogens is 303 g/mol. The third kappa shape index (κ3) is 4.29. The Morgan fingerprint density at radius 2 is 2.00 bits per heavy atom. The van der Waals surface area contributed by atoms with Crippen molar-refractivity contribution in [2.24, 2.45) is 0 Å². The lowest BCUT2D eigenvalue weighted by molar-refractivity contribution is 0.678. The van der Waals surface area contributed by atoms with Crippen LogP contribution in [0.4, 0.5) is 5.95 Å². The van der Waals surface area contributed by atoms with Crippen LogP contribution in [0.1, 0.15) is 13.8 Å². The van der Waals surface area contributed by atoms with E-state index < -0.39 is 0 Å². The average Bonchev–Trinajstić information content (AvgIpc) is 2.26. The molecule has 0 aliphatic heterocycles. The fourth-order valence-electron chi connectivity index (χ4n) is 1.26. The van der Waals surface area contributed by atoms with E-state index in [1.54, 1.807) is 0 Å². The van der Waals surface area contributed by atoms with Gasteiger partial charge in [0.25, 0.3) is 0 Å². The SMILES string of the molecule is CCNCCN(CC)c1ncc(I)cn1. The van der Waals surface area contributed by atoms with Crippen molar-refractivity contribution < 1.29 is 0 Å². The van der Waals surface area contributed by atoms with Crippen molar-refractivity contribution in [3.8, 4) is 0 Å². The lowest BCUT2D eigenvalue weighted by Crippen LogP contribution is -2.33. The molecule has 0 amide bonds. The molecule has 0 spiro atoms. The van der Waals surface area contributed by atoms with E-state index >= 15 is 0 Å². The van der Waals surface area contributed by atoms with E-state index in [0.29, 0.717) is 0 Å². The molecule has 1 N–H and O–H groups in total. The Morgan fingerprint density at radius 3 is 2.53 bits per heavy atom. The van der Waals surface area contributed by atoms with E-state index in [-0.39, 0.29) is 0 Å². The van der Waals surface area contributed by atoms with Gasteiger partial charge in [-0.05, 0) is 36.1 Å². The highest BCUT2D eigenvalue weighted by atomic mass is 127. The minimum Gasteiger partial charge on any atom is -0.340 e. The van der Waals surface area contributed by atoms with Crippen LogP contribution in [0.15, 0.2) is 12.4 Å². The van der Waals surface area contributed by atoms with Crippen LogP contribution in [-0.2, 0) is 0 Å². The Balaban J connectivity index is 2.53. The molecule has 84 valence electrons. The average molecular weight is 320 g/mol. The van der Waals surface area contributed by atoms with E-state index in [4.69, 9.17) is 0 Å². The van der Waals surface area contributed by atoms with Gasteiger partial charge < -0.3 is 10.2 Å². The van der Waals surface area contributed by atoms with Gasteiger partial charge in [-0.15, -0.1) is 0 Å². The molecule has 15 heavy (non-hydrogen) atoms. The lowest BCUT2D eigenvalue weighted by atomic mass is 10.5. The monoisotopic (exact) mass is 320 g/mol. The second-order valence-corrected chi connectivity index (χ2v) is 4.38. The van der Waals surface area contributed by atoms with Gasteiger partial charge in [0.15, 0.2) is 0 Å². The zero-order chi connectivity index (χ0) is 11.1. The zero-order valence-electron chi connectivity index (χ0n) is 9.20. The van der Waals surface area contributed by atoms with Crippen molar-refractivity contribution >= 4 is 28.5 Å². The molecule has 0 atom stereocenters. The summed E-state index contributed by atoms with van der Waals surface area (Å²) in [5.74, 6) is 0.816. The first kappa shape index (κ1) is 12.6. The molecule has 1 heterocycles. The molecule has 1 aromatic heterocycles. The molecule has 4 nitrogen and oxygen atoms in total. The minimum atomic E-state index is 0.816. The number of rotatable bonds is 6. The quantitative estimate of drug-likeness (QED) is 0.637. The largest absolute Gasteiger partial charge is 0.340 e. The first-order chi connectivity index (χ1) is 7.27. The van der Waals surface area contributed by atoms with Gasteiger partial charge in [-0.3, -0.25) is 0 Å². The molecule has 0 aliphatic carbocycles. The van der Waals surface area contributed by atoms with Gasteiger partial charge in [-0.2, -0.15) is 0 Å². The standard InChI is InChI=1S/C10H17IN4/c1-3-12-5-6-15(4-2)10-13-7-9(11)8-14-10/h7-8,12H,3-6H2,1-2H3. The number of aromatic nitrogens is 2. The maximum Gasteiger partial charge on any atom is 0.225 e. The molecule has 0 radical (unpaired) electrons. The molecule has 1 rings (SSSR count). The molecule has 0 bridgehead atoms. The Hall–Kier alpha value is -0.430. The Bertz CT molecular complexity index is 275. The lowest BCUT2D eigenvalue weighted by Gasteiger charge is -2.20. The van der Waals surface area contributed by atoms with Crippen LogP contribution in [0.25, 0.3) is 0 Å². The van der Waals surface area contributed by atoms with E-state index in [1.807, 2.05) is 12.4 Å². The van der Waals surface area contributed by atoms with Gasteiger partial charge in [0, 0.05) is 35.6 Å². The van der Waals surface area contributed by atoms with Crippen LogP contribution >= 0.6 is 22.6 Å². The summed E-state index contributed by atoms with van der Waals surface area (Å²) in [6.45, 7) is 8.09. The second kappa shape index (κ2) is 6.95. The van der Waals surface area contributed by atoms with Crippen molar-refractivity contribution in [2.75, 3.05) is 31.1 Å². The van der Waals surface area contributed by atoms with Crippen molar-refractivity contribution in [1.82, 2.24) is 15.3 Å². The predicted octanol–water partition coefficient (Wildman–Crippen LogP) is 1.52. The smallest absolute Gasteiger partial charge is 0.225 e. The Morgan fingerprint density at radius 1 is 1.33 bits per heavy atom. The van der Waals surface area contributed by atoms with Gasteiger partial charge in [-0.25, -0.2) is 9.97 Å². The van der Waals surface area contributed by atoms with Crippen molar-refractivity contribution in [1.29, 1.82) is 0 Å². The van der Waals surface area contributed by atoms with Crippen molar-refractivity contribution in [3.05, 3.63) is 16.0 Å². The highest BCUT2D eigenvalue weighted by Crippen LogP contribution is 2.07. The summed E-state index contributed by atoms with van der Waals surface area (Å²) in [6, 6.07) is 0. The molecule has 0 saturated carbocycles. The Kier molecular flexibility index (Phi) is 5.85. The minimum absolute atomic E-state index is 0.816. The van der Waals surface area contributed by atoms with Gasteiger partial charge in [-0.1, -0.05) is 6.92 Å². The van der Waals surface area contributed by atoms with Crippen molar-refractivity contribution in [3.63, 3.8) is 0 Å². The van der Waals surface area contributed by atoms with Crippen LogP contribution in [0, 0.1) is 3.57 Å². The van der Waals surface area contributed by atoms with Gasteiger partial charge in [0.2, 0.25) is 5.95 Å². The second-order valence-electron chi connectivity index (χ2n) is 3.13. The number of nitrogens with one attached hydrogen (secondary N) is 1. The van der Waals surface area contributed by atoms with Gasteiger partial charge in [0.05, 0.1) is 0 Å². The molecule has 5 heteroatoms. The third-order valence-electron chi connectivity index (χ3n) is 2.08. The predicted molar refractivity (Wildman–Crippen MR) is 71.2 cm³/mol. The number of nitrogens with zero attached hydrogens (tertiary/aromatic N) is 3. The van der Waals surface area contributed by atoms with Gasteiger partial charge >= 0.3 is 0 Å². The topological polar surface area (TPSA) is 41.0 Å². The first-order valence-electron chi connectivity index (χ1n) is 5.21. The van der Waals surface area contributed by atoms with E-state index in [9.17, 15) is 0 Å². The van der Waals surface area contributed by atoms with Crippen LogP contribution in [0.5, 0.6) is 0 Å². The molecule has 0 saturated heterocycles. The number of likely N-dealkylation sites (N-methyl/N-ethyl adjacent to an activating group) is 2. The van der Waals surface area contributed by atoms with Crippen LogP contribution in [0.3, 0.4) is 0 Å². The van der Waals surface area contributed by atoms with Crippen LogP contribution < -0.4 is 10.2 Å². The molecule has 0 unspecified atom stereocenters. The normalized spacial score (nSPS) is 10.3. The summed E-state index contributed by atoms with van der Waals surface area (Å²) in [5, 5.41) is 3.30. The molecule has 1 aromatic rings. The molecule has 0 aromatic carbocycles. The number of hydrogen-bond donors (Lipinski definition) is 1. The van der Waals surface area contributed by atoms with Crippen LogP contribution in [-0.4, -0.2) is 36.1 Å². The number of hydrogen-bond acceptors (Lipinski definition) is 4. The van der Waals surface area contributed by atoms with E-state index in [0.717, 1.165) is 35.7 Å².